The van der Waals surface area contributed by atoms with E-state index in [-0.39, 0.29) is 73.9 Å². The number of ether oxygens (including phenoxy) is 2. The Hall–Kier alpha value is -6.60. The minimum absolute atomic E-state index is 0.00777. The van der Waals surface area contributed by atoms with Crippen LogP contribution >= 0.6 is 11.6 Å². The highest BCUT2D eigenvalue weighted by atomic mass is 35.5. The van der Waals surface area contributed by atoms with Gasteiger partial charge in [0.2, 0.25) is 10.9 Å². The fourth-order valence-corrected chi connectivity index (χ4v) is 7.62. The zero-order valence-corrected chi connectivity index (χ0v) is 32.9. The predicted octanol–water partition coefficient (Wildman–Crippen LogP) is 7.25. The number of hydrogen-bond donors (Lipinski definition) is 2. The number of nitrogens with two attached hydrogens (primary N) is 1. The molecule has 0 aliphatic carbocycles. The number of aryl methyl sites for hydroxylation is 1. The van der Waals surface area contributed by atoms with Crippen LogP contribution in [0, 0.1) is 11.6 Å². The molecule has 7 rings (SSSR count). The molecule has 1 unspecified atom stereocenters. The molecule has 7 aromatic rings. The van der Waals surface area contributed by atoms with Crippen molar-refractivity contribution in [3.8, 4) is 22.7 Å². The Morgan fingerprint density at radius 2 is 1.67 bits per heavy atom. The molecule has 2 N–H and O–H groups in total. The van der Waals surface area contributed by atoms with E-state index in [1.807, 2.05) is 0 Å². The summed E-state index contributed by atoms with van der Waals surface area (Å²) in [4.78, 5) is 35.7. The monoisotopic (exact) mass is 867 g/mol. The second-order valence-electron chi connectivity index (χ2n) is 13.4. The standard InChI is InChI=1S/C40H31ClF5N7O6S/c1-51-35-31(13-12-28(41)34(35)37(50-51)52(60(56)57)15-14-21-6-9-26(58-2)10-7-21)53-36(32(59-39(47)55)18-22-16-24(42)20-25(43)17-22)49-30-19-23(8-11-27(30)38(53)54)29-4-3-5-33(48-29)40(44,45)46/h3-13,16-17,19-20,32,60H,14-15,18H2,1-2H3,(H2,47,55). The average molecular weight is 868 g/mol. The number of carbonyl (C=O) groups excluding carboxylic acids is 1. The molecule has 310 valence electrons. The first kappa shape index (κ1) is 41.6. The van der Waals surface area contributed by atoms with Gasteiger partial charge in [-0.25, -0.2) is 32.0 Å². The minimum atomic E-state index is -4.76. The molecule has 3 aromatic heterocycles. The van der Waals surface area contributed by atoms with Crippen LogP contribution in [0.15, 0.2) is 95.8 Å². The summed E-state index contributed by atoms with van der Waals surface area (Å²) < 4.78 is 109. The van der Waals surface area contributed by atoms with Crippen molar-refractivity contribution in [2.45, 2.75) is 25.1 Å². The highest BCUT2D eigenvalue weighted by molar-refractivity contribution is 7.74. The molecule has 60 heavy (non-hydrogen) atoms. The number of methoxy groups -OCH3 is 1. The van der Waals surface area contributed by atoms with Gasteiger partial charge in [0.1, 0.15) is 23.1 Å². The fourth-order valence-electron chi connectivity index (χ4n) is 6.82. The number of hydrogen-bond acceptors (Lipinski definition) is 9. The third kappa shape index (κ3) is 8.44. The number of thiol groups is 1. The lowest BCUT2D eigenvalue weighted by atomic mass is 10.0. The van der Waals surface area contributed by atoms with Crippen LogP contribution in [0.2, 0.25) is 5.02 Å². The molecular formula is C40H31ClF5N7O6S. The summed E-state index contributed by atoms with van der Waals surface area (Å²) in [7, 11) is -0.316. The zero-order valence-electron chi connectivity index (χ0n) is 31.3. The van der Waals surface area contributed by atoms with Crippen molar-refractivity contribution in [3.05, 3.63) is 141 Å². The summed E-state index contributed by atoms with van der Waals surface area (Å²) in [6.45, 7) is -0.0672. The van der Waals surface area contributed by atoms with Gasteiger partial charge in [0, 0.05) is 31.6 Å². The summed E-state index contributed by atoms with van der Waals surface area (Å²) in [5, 5.41) is 4.59. The number of benzene rings is 4. The van der Waals surface area contributed by atoms with Gasteiger partial charge in [-0.15, -0.1) is 0 Å². The zero-order chi connectivity index (χ0) is 43.0. The maximum atomic E-state index is 14.8. The first-order chi connectivity index (χ1) is 28.5. The van der Waals surface area contributed by atoms with Gasteiger partial charge in [0.25, 0.3) is 5.56 Å². The number of carbonyl (C=O) groups is 1. The number of fused-ring (bicyclic) bond motifs is 2. The van der Waals surface area contributed by atoms with Crippen LogP contribution in [0.1, 0.15) is 28.7 Å². The molecule has 3 heterocycles. The molecule has 0 aliphatic rings. The summed E-state index contributed by atoms with van der Waals surface area (Å²) in [6, 6.07) is 19.7. The molecule has 20 heteroatoms. The van der Waals surface area contributed by atoms with E-state index >= 15 is 0 Å². The number of rotatable bonds is 12. The number of anilines is 1. The molecule has 0 saturated carbocycles. The normalized spacial score (nSPS) is 12.3. The lowest BCUT2D eigenvalue weighted by Gasteiger charge is -2.22. The highest BCUT2D eigenvalue weighted by Gasteiger charge is 2.33. The Bertz CT molecular complexity index is 2910. The first-order valence-corrected chi connectivity index (χ1v) is 19.3. The lowest BCUT2D eigenvalue weighted by Crippen LogP contribution is -2.30. The van der Waals surface area contributed by atoms with E-state index in [4.69, 9.17) is 26.8 Å². The van der Waals surface area contributed by atoms with Crippen molar-refractivity contribution in [3.63, 3.8) is 0 Å². The van der Waals surface area contributed by atoms with Gasteiger partial charge in [-0.1, -0.05) is 35.9 Å². The summed E-state index contributed by atoms with van der Waals surface area (Å²) in [5.74, 6) is -1.73. The van der Waals surface area contributed by atoms with E-state index in [9.17, 15) is 40.0 Å². The number of primary amides is 1. The average Bonchev–Trinajstić information content (AvgIpc) is 3.54. The van der Waals surface area contributed by atoms with E-state index in [2.05, 4.69) is 15.1 Å². The number of pyridine rings is 1. The molecule has 4 aromatic carbocycles. The highest BCUT2D eigenvalue weighted by Crippen LogP contribution is 2.38. The second kappa shape index (κ2) is 16.6. The van der Waals surface area contributed by atoms with Gasteiger partial charge in [-0.05, 0) is 78.2 Å². The van der Waals surface area contributed by atoms with Crippen molar-refractivity contribution < 1.29 is 44.6 Å². The lowest BCUT2D eigenvalue weighted by molar-refractivity contribution is -0.141. The Morgan fingerprint density at radius 3 is 2.32 bits per heavy atom. The van der Waals surface area contributed by atoms with Crippen LogP contribution in [0.25, 0.3) is 38.8 Å². The van der Waals surface area contributed by atoms with E-state index in [0.717, 1.165) is 38.7 Å². The number of amides is 1. The van der Waals surface area contributed by atoms with Gasteiger partial charge < -0.3 is 15.2 Å². The van der Waals surface area contributed by atoms with Crippen molar-refractivity contribution in [2.24, 2.45) is 12.8 Å². The van der Waals surface area contributed by atoms with Gasteiger partial charge in [-0.3, -0.25) is 18.3 Å². The Morgan fingerprint density at radius 1 is 0.950 bits per heavy atom. The van der Waals surface area contributed by atoms with Gasteiger partial charge >= 0.3 is 12.3 Å². The van der Waals surface area contributed by atoms with Crippen molar-refractivity contribution >= 4 is 56.2 Å². The molecule has 0 bridgehead atoms. The predicted molar refractivity (Wildman–Crippen MR) is 213 cm³/mol. The Labute approximate surface area is 343 Å². The van der Waals surface area contributed by atoms with Crippen molar-refractivity contribution in [1.82, 2.24) is 24.3 Å². The molecular weight excluding hydrogens is 837 g/mol. The van der Waals surface area contributed by atoms with Gasteiger partial charge in [0.15, 0.2) is 17.7 Å². The maximum Gasteiger partial charge on any atom is 0.433 e. The molecule has 13 nitrogen and oxygen atoms in total. The van der Waals surface area contributed by atoms with Crippen LogP contribution in [0.5, 0.6) is 5.75 Å². The number of alkyl halides is 3. The number of nitrogens with zero attached hydrogens (tertiary/aromatic N) is 6. The van der Waals surface area contributed by atoms with Gasteiger partial charge in [-0.2, -0.15) is 18.3 Å². The molecule has 0 radical (unpaired) electrons. The number of aromatic nitrogens is 5. The van der Waals surface area contributed by atoms with Crippen LogP contribution in [-0.4, -0.2) is 52.5 Å². The molecule has 1 amide bonds. The fraction of sp³-hybridized carbons (Fsp3) is 0.175. The molecule has 1 atom stereocenters. The summed E-state index contributed by atoms with van der Waals surface area (Å²) in [5.41, 5.74) is 4.35. The second-order valence-corrected chi connectivity index (χ2v) is 14.7. The van der Waals surface area contributed by atoms with E-state index in [0.29, 0.717) is 11.8 Å². The van der Waals surface area contributed by atoms with Gasteiger partial charge in [0.05, 0.1) is 45.3 Å². The first-order valence-electron chi connectivity index (χ1n) is 17.7. The SMILES string of the molecule is COc1ccc(CCN(c2nn(C)c3c(-n4c(C(Cc5cc(F)cc(F)c5)OC(N)=O)nc5cc(-c6cccc(C(F)(F)F)n6)ccc5c4=O)ccc(Cl)c23)[SH](=O)=O)cc1. The maximum absolute atomic E-state index is 14.8. The van der Waals surface area contributed by atoms with Crippen molar-refractivity contribution in [1.29, 1.82) is 0 Å². The van der Waals surface area contributed by atoms with Crippen LogP contribution < -0.4 is 20.3 Å². The Kier molecular flexibility index (Phi) is 11.5. The Balaban J connectivity index is 1.45. The van der Waals surface area contributed by atoms with E-state index < -0.39 is 58.6 Å². The topological polar surface area (TPSA) is 165 Å². The minimum Gasteiger partial charge on any atom is -0.497 e. The smallest absolute Gasteiger partial charge is 0.433 e. The molecule has 0 spiro atoms. The van der Waals surface area contributed by atoms with Crippen LogP contribution in [-0.2, 0) is 41.7 Å². The molecule has 0 aliphatic heterocycles. The van der Waals surface area contributed by atoms with E-state index in [1.54, 1.807) is 24.3 Å². The third-order valence-corrected chi connectivity index (χ3v) is 10.6. The summed E-state index contributed by atoms with van der Waals surface area (Å²) in [6.07, 6.45) is -7.96. The van der Waals surface area contributed by atoms with Crippen molar-refractivity contribution in [2.75, 3.05) is 18.0 Å². The third-order valence-electron chi connectivity index (χ3n) is 9.47. The van der Waals surface area contributed by atoms with Crippen LogP contribution in [0.3, 0.4) is 0 Å². The van der Waals surface area contributed by atoms with E-state index in [1.165, 1.54) is 55.2 Å². The quantitative estimate of drug-likeness (QED) is 0.0951. The summed E-state index contributed by atoms with van der Waals surface area (Å²) >= 11 is 6.77. The van der Waals surface area contributed by atoms with Crippen LogP contribution in [0.4, 0.5) is 32.6 Å². The molecule has 0 fully saturated rings. The number of halogens is 6. The largest absolute Gasteiger partial charge is 0.497 e. The molecule has 0 saturated heterocycles.